The molecule has 2 aliphatic rings. The Morgan fingerprint density at radius 2 is 2.06 bits per heavy atom. The van der Waals surface area contributed by atoms with Crippen LogP contribution in [0.5, 0.6) is 0 Å². The number of hydrogen-bond acceptors (Lipinski definition) is 6. The van der Waals surface area contributed by atoms with Gasteiger partial charge in [-0.25, -0.2) is 9.97 Å². The van der Waals surface area contributed by atoms with Gasteiger partial charge < -0.3 is 15.0 Å². The number of nitrogens with zero attached hydrogens (tertiary/aromatic N) is 3. The van der Waals surface area contributed by atoms with Gasteiger partial charge in [0.05, 0.1) is 18.9 Å². The molecule has 17 heavy (non-hydrogen) atoms. The molecule has 1 aromatic heterocycles. The number of rotatable bonds is 2. The van der Waals surface area contributed by atoms with Crippen molar-refractivity contribution in [3.63, 3.8) is 0 Å². The van der Waals surface area contributed by atoms with Crippen LogP contribution in [0.1, 0.15) is 11.3 Å². The summed E-state index contributed by atoms with van der Waals surface area (Å²) in [7, 11) is 0. The Bertz CT molecular complexity index is 420. The van der Waals surface area contributed by atoms with Gasteiger partial charge in [0.25, 0.3) is 0 Å². The molecule has 1 aromatic rings. The fraction of sp³-hybridized carbons (Fsp3) is 0.636. The maximum Gasteiger partial charge on any atom is 0.189 e. The number of thioether (sulfide) groups is 1. The number of morpholine rings is 1. The van der Waals surface area contributed by atoms with Crippen LogP contribution in [-0.4, -0.2) is 42.5 Å². The molecule has 0 spiro atoms. The van der Waals surface area contributed by atoms with E-state index in [1.165, 1.54) is 5.56 Å². The minimum Gasteiger partial charge on any atom is -0.378 e. The van der Waals surface area contributed by atoms with Crippen LogP contribution in [-0.2, 0) is 17.8 Å². The van der Waals surface area contributed by atoms with Gasteiger partial charge in [-0.15, -0.1) is 0 Å². The van der Waals surface area contributed by atoms with Crippen LogP contribution < -0.4 is 10.2 Å². The zero-order valence-electron chi connectivity index (χ0n) is 9.90. The molecule has 0 aromatic carbocycles. The second-order valence-corrected chi connectivity index (χ2v) is 4.94. The van der Waals surface area contributed by atoms with E-state index in [0.717, 1.165) is 56.1 Å². The fourth-order valence-corrected chi connectivity index (χ4v) is 2.64. The Balaban J connectivity index is 1.98. The molecule has 6 heteroatoms. The van der Waals surface area contributed by atoms with E-state index in [-0.39, 0.29) is 0 Å². The number of ether oxygens (including phenoxy) is 1. The molecule has 92 valence electrons. The van der Waals surface area contributed by atoms with Crippen LogP contribution in [0, 0.1) is 0 Å². The van der Waals surface area contributed by atoms with E-state index in [0.29, 0.717) is 0 Å². The molecule has 3 heterocycles. The first kappa shape index (κ1) is 11.3. The SMILES string of the molecule is CSc1nc2c(c(N3CCOCC3)n1)CNC2. The van der Waals surface area contributed by atoms with Gasteiger partial charge in [-0.3, -0.25) is 0 Å². The highest BCUT2D eigenvalue weighted by Gasteiger charge is 2.23. The van der Waals surface area contributed by atoms with Gasteiger partial charge in [0.15, 0.2) is 5.16 Å². The molecular weight excluding hydrogens is 236 g/mol. The molecule has 0 radical (unpaired) electrons. The summed E-state index contributed by atoms with van der Waals surface area (Å²) in [5.74, 6) is 1.10. The van der Waals surface area contributed by atoms with Gasteiger partial charge in [-0.2, -0.15) is 0 Å². The summed E-state index contributed by atoms with van der Waals surface area (Å²) in [4.78, 5) is 11.5. The smallest absolute Gasteiger partial charge is 0.189 e. The fourth-order valence-electron chi connectivity index (χ4n) is 2.26. The lowest BCUT2D eigenvalue weighted by Crippen LogP contribution is -2.37. The lowest BCUT2D eigenvalue weighted by molar-refractivity contribution is 0.122. The molecule has 0 unspecified atom stereocenters. The third-order valence-corrected chi connectivity index (χ3v) is 3.69. The lowest BCUT2D eigenvalue weighted by Gasteiger charge is -2.29. The monoisotopic (exact) mass is 252 g/mol. The van der Waals surface area contributed by atoms with E-state index in [9.17, 15) is 0 Å². The lowest BCUT2D eigenvalue weighted by atomic mass is 10.2. The summed E-state index contributed by atoms with van der Waals surface area (Å²) in [5.41, 5.74) is 2.43. The van der Waals surface area contributed by atoms with Crippen LogP contribution in [0.15, 0.2) is 5.16 Å². The number of aromatic nitrogens is 2. The maximum absolute atomic E-state index is 5.39. The van der Waals surface area contributed by atoms with Gasteiger partial charge in [0.2, 0.25) is 0 Å². The van der Waals surface area contributed by atoms with Crippen molar-refractivity contribution in [2.24, 2.45) is 0 Å². The zero-order chi connectivity index (χ0) is 11.7. The Morgan fingerprint density at radius 3 is 2.82 bits per heavy atom. The van der Waals surface area contributed by atoms with Gasteiger partial charge in [0, 0.05) is 31.7 Å². The van der Waals surface area contributed by atoms with Gasteiger partial charge >= 0.3 is 0 Å². The predicted octanol–water partition coefficient (Wildman–Crippen LogP) is 0.638. The second kappa shape index (κ2) is 4.80. The van der Waals surface area contributed by atoms with Crippen LogP contribution in [0.25, 0.3) is 0 Å². The van der Waals surface area contributed by atoms with Crippen LogP contribution in [0.3, 0.4) is 0 Å². The summed E-state index contributed by atoms with van der Waals surface area (Å²) >= 11 is 1.61. The van der Waals surface area contributed by atoms with Crippen molar-refractivity contribution in [3.8, 4) is 0 Å². The van der Waals surface area contributed by atoms with Crippen molar-refractivity contribution < 1.29 is 4.74 Å². The van der Waals surface area contributed by atoms with E-state index < -0.39 is 0 Å². The normalized spacial score (nSPS) is 19.5. The summed E-state index contributed by atoms with van der Waals surface area (Å²) in [5, 5.41) is 4.22. The van der Waals surface area contributed by atoms with E-state index in [4.69, 9.17) is 4.74 Å². The summed E-state index contributed by atoms with van der Waals surface area (Å²) in [6, 6.07) is 0. The molecule has 0 atom stereocenters. The maximum atomic E-state index is 5.39. The van der Waals surface area contributed by atoms with Crippen LogP contribution in [0.4, 0.5) is 5.82 Å². The molecule has 5 nitrogen and oxygen atoms in total. The van der Waals surface area contributed by atoms with Crippen molar-refractivity contribution in [2.75, 3.05) is 37.5 Å². The molecule has 3 rings (SSSR count). The Hall–Kier alpha value is -0.850. The average Bonchev–Trinajstić information content (AvgIpc) is 2.86. The summed E-state index contributed by atoms with van der Waals surface area (Å²) < 4.78 is 5.39. The third-order valence-electron chi connectivity index (χ3n) is 3.14. The van der Waals surface area contributed by atoms with Crippen molar-refractivity contribution >= 4 is 17.6 Å². The van der Waals surface area contributed by atoms with Gasteiger partial charge in [-0.1, -0.05) is 11.8 Å². The topological polar surface area (TPSA) is 50.3 Å². The zero-order valence-corrected chi connectivity index (χ0v) is 10.7. The standard InChI is InChI=1S/C11H16N4OS/c1-17-11-13-9-7-12-6-8(9)10(14-11)15-2-4-16-5-3-15/h12H,2-7H2,1H3. The highest BCUT2D eigenvalue weighted by molar-refractivity contribution is 7.98. The quantitative estimate of drug-likeness (QED) is 0.616. The first-order valence-electron chi connectivity index (χ1n) is 5.85. The molecular formula is C11H16N4OS. The number of fused-ring (bicyclic) bond motifs is 1. The van der Waals surface area contributed by atoms with Gasteiger partial charge in [0.1, 0.15) is 5.82 Å². The number of hydrogen-bond donors (Lipinski definition) is 1. The average molecular weight is 252 g/mol. The first-order valence-corrected chi connectivity index (χ1v) is 7.08. The van der Waals surface area contributed by atoms with Crippen molar-refractivity contribution in [2.45, 2.75) is 18.2 Å². The van der Waals surface area contributed by atoms with E-state index >= 15 is 0 Å². The molecule has 1 N–H and O–H groups in total. The van der Waals surface area contributed by atoms with E-state index in [2.05, 4.69) is 20.2 Å². The highest BCUT2D eigenvalue weighted by atomic mass is 32.2. The number of anilines is 1. The van der Waals surface area contributed by atoms with E-state index in [1.807, 2.05) is 6.26 Å². The predicted molar refractivity (Wildman–Crippen MR) is 67.4 cm³/mol. The Labute approximate surface area is 105 Å². The van der Waals surface area contributed by atoms with Crippen molar-refractivity contribution in [1.29, 1.82) is 0 Å². The van der Waals surface area contributed by atoms with Crippen LogP contribution >= 0.6 is 11.8 Å². The molecule has 0 aliphatic carbocycles. The Morgan fingerprint density at radius 1 is 1.24 bits per heavy atom. The number of nitrogens with one attached hydrogen (secondary N) is 1. The molecule has 0 saturated carbocycles. The molecule has 1 saturated heterocycles. The first-order chi connectivity index (χ1) is 8.38. The largest absolute Gasteiger partial charge is 0.378 e. The van der Waals surface area contributed by atoms with Gasteiger partial charge in [-0.05, 0) is 6.26 Å². The van der Waals surface area contributed by atoms with Crippen molar-refractivity contribution in [1.82, 2.24) is 15.3 Å². The summed E-state index contributed by atoms with van der Waals surface area (Å²) in [6.45, 7) is 5.19. The Kier molecular flexibility index (Phi) is 3.17. The van der Waals surface area contributed by atoms with E-state index in [1.54, 1.807) is 11.8 Å². The molecule has 1 fully saturated rings. The molecule has 0 amide bonds. The van der Waals surface area contributed by atoms with Crippen LogP contribution in [0.2, 0.25) is 0 Å². The highest BCUT2D eigenvalue weighted by Crippen LogP contribution is 2.27. The summed E-state index contributed by atoms with van der Waals surface area (Å²) in [6.07, 6.45) is 2.02. The molecule has 0 bridgehead atoms. The minimum absolute atomic E-state index is 0.792. The third kappa shape index (κ3) is 2.12. The minimum atomic E-state index is 0.792. The second-order valence-electron chi connectivity index (χ2n) is 4.16. The molecule has 2 aliphatic heterocycles. The van der Waals surface area contributed by atoms with Crippen molar-refractivity contribution in [3.05, 3.63) is 11.3 Å².